The first-order valence-electron chi connectivity index (χ1n) is 9.14. The zero-order valence-electron chi connectivity index (χ0n) is 14.5. The van der Waals surface area contributed by atoms with Gasteiger partial charge in [0, 0.05) is 18.6 Å². The van der Waals surface area contributed by atoms with Gasteiger partial charge >= 0.3 is 0 Å². The summed E-state index contributed by atoms with van der Waals surface area (Å²) in [5.74, 6) is 2.34. The fourth-order valence-electron chi connectivity index (χ4n) is 4.79. The van der Waals surface area contributed by atoms with Gasteiger partial charge in [-0.25, -0.2) is 0 Å². The molecule has 124 valence electrons. The van der Waals surface area contributed by atoms with Crippen molar-refractivity contribution in [2.75, 3.05) is 20.1 Å². The van der Waals surface area contributed by atoms with E-state index in [2.05, 4.69) is 38.0 Å². The number of rotatable bonds is 5. The summed E-state index contributed by atoms with van der Waals surface area (Å²) in [5, 5.41) is 14.0. The van der Waals surface area contributed by atoms with Gasteiger partial charge in [-0.1, -0.05) is 33.6 Å². The van der Waals surface area contributed by atoms with Gasteiger partial charge in [-0.2, -0.15) is 0 Å². The van der Waals surface area contributed by atoms with Gasteiger partial charge in [-0.15, -0.1) is 0 Å². The molecule has 0 aliphatic heterocycles. The molecule has 0 saturated heterocycles. The highest BCUT2D eigenvalue weighted by atomic mass is 16.3. The van der Waals surface area contributed by atoms with Gasteiger partial charge in [0.2, 0.25) is 0 Å². The molecular formula is C18H36N2O. The molecule has 2 aliphatic rings. The molecular weight excluding hydrogens is 260 g/mol. The second-order valence-electron chi connectivity index (χ2n) is 7.74. The van der Waals surface area contributed by atoms with Crippen LogP contribution in [-0.2, 0) is 0 Å². The fourth-order valence-corrected chi connectivity index (χ4v) is 4.79. The third kappa shape index (κ3) is 4.43. The molecule has 0 bridgehead atoms. The lowest BCUT2D eigenvalue weighted by atomic mass is 9.72. The second-order valence-corrected chi connectivity index (χ2v) is 7.74. The maximum absolute atomic E-state index is 10.3. The lowest BCUT2D eigenvalue weighted by Gasteiger charge is -2.44. The van der Waals surface area contributed by atoms with E-state index in [-0.39, 0.29) is 6.10 Å². The minimum Gasteiger partial charge on any atom is -0.391 e. The molecule has 2 aliphatic carbocycles. The first-order valence-corrected chi connectivity index (χ1v) is 9.14. The summed E-state index contributed by atoms with van der Waals surface area (Å²) in [6, 6.07) is 1.03. The van der Waals surface area contributed by atoms with E-state index < -0.39 is 0 Å². The van der Waals surface area contributed by atoms with Crippen molar-refractivity contribution < 1.29 is 5.11 Å². The molecule has 0 radical (unpaired) electrons. The topological polar surface area (TPSA) is 35.5 Å². The van der Waals surface area contributed by atoms with Gasteiger partial charge in [0.15, 0.2) is 0 Å². The van der Waals surface area contributed by atoms with Gasteiger partial charge in [0.05, 0.1) is 6.10 Å². The Balaban J connectivity index is 1.97. The summed E-state index contributed by atoms with van der Waals surface area (Å²) < 4.78 is 0. The third-order valence-corrected chi connectivity index (χ3v) is 5.90. The minimum absolute atomic E-state index is 0.112. The van der Waals surface area contributed by atoms with E-state index in [1.807, 2.05) is 0 Å². The summed E-state index contributed by atoms with van der Waals surface area (Å²) in [4.78, 5) is 2.46. The largest absolute Gasteiger partial charge is 0.391 e. The number of likely N-dealkylation sites (N-methyl/N-ethyl adjacent to an activating group) is 1. The number of hydrogen-bond acceptors (Lipinski definition) is 3. The predicted octanol–water partition coefficient (Wildman–Crippen LogP) is 2.88. The lowest BCUT2D eigenvalue weighted by Crippen LogP contribution is -2.52. The van der Waals surface area contributed by atoms with Crippen LogP contribution in [0.15, 0.2) is 0 Å². The quantitative estimate of drug-likeness (QED) is 0.819. The Labute approximate surface area is 131 Å². The van der Waals surface area contributed by atoms with Gasteiger partial charge in [-0.05, 0) is 57.0 Å². The molecule has 0 spiro atoms. The molecule has 3 nitrogen and oxygen atoms in total. The summed E-state index contributed by atoms with van der Waals surface area (Å²) >= 11 is 0. The third-order valence-electron chi connectivity index (χ3n) is 5.90. The summed E-state index contributed by atoms with van der Waals surface area (Å²) in [6.45, 7) is 9.24. The average molecular weight is 296 g/mol. The highest BCUT2D eigenvalue weighted by molar-refractivity contribution is 4.91. The maximum atomic E-state index is 10.3. The first-order chi connectivity index (χ1) is 10.0. The van der Waals surface area contributed by atoms with Crippen LogP contribution in [0.2, 0.25) is 0 Å². The summed E-state index contributed by atoms with van der Waals surface area (Å²) in [7, 11) is 2.23. The molecule has 0 aromatic rings. The van der Waals surface area contributed by atoms with Crippen molar-refractivity contribution in [3.63, 3.8) is 0 Å². The SMILES string of the molecule is CCNC1CC(C)CC(C)C1CN(C)C1CCCCC1O. The zero-order valence-corrected chi connectivity index (χ0v) is 14.5. The Bertz CT molecular complexity index is 310. The number of nitrogens with one attached hydrogen (secondary N) is 1. The highest BCUT2D eigenvalue weighted by Gasteiger charge is 2.36. The normalized spacial score (nSPS) is 41.4. The second kappa shape index (κ2) is 7.94. The van der Waals surface area contributed by atoms with E-state index in [0.29, 0.717) is 12.1 Å². The molecule has 21 heavy (non-hydrogen) atoms. The number of aliphatic hydroxyl groups excluding tert-OH is 1. The monoisotopic (exact) mass is 296 g/mol. The summed E-state index contributed by atoms with van der Waals surface area (Å²) in [6.07, 6.45) is 7.18. The van der Waals surface area contributed by atoms with Gasteiger partial charge < -0.3 is 15.3 Å². The molecule has 2 fully saturated rings. The van der Waals surface area contributed by atoms with Crippen LogP contribution >= 0.6 is 0 Å². The maximum Gasteiger partial charge on any atom is 0.0695 e. The van der Waals surface area contributed by atoms with Crippen LogP contribution in [0.4, 0.5) is 0 Å². The number of nitrogens with zero attached hydrogens (tertiary/aromatic N) is 1. The molecule has 0 aromatic carbocycles. The van der Waals surface area contributed by atoms with Crippen LogP contribution in [0.5, 0.6) is 0 Å². The Morgan fingerprint density at radius 1 is 1.14 bits per heavy atom. The van der Waals surface area contributed by atoms with Crippen LogP contribution < -0.4 is 5.32 Å². The molecule has 3 heteroatoms. The first kappa shape index (κ1) is 17.2. The Hall–Kier alpha value is -0.120. The van der Waals surface area contributed by atoms with Crippen LogP contribution in [0.25, 0.3) is 0 Å². The predicted molar refractivity (Wildman–Crippen MR) is 89.4 cm³/mol. The molecule has 0 aromatic heterocycles. The van der Waals surface area contributed by atoms with Crippen LogP contribution in [0, 0.1) is 17.8 Å². The van der Waals surface area contributed by atoms with Gasteiger partial charge in [0.25, 0.3) is 0 Å². The van der Waals surface area contributed by atoms with E-state index in [0.717, 1.165) is 37.3 Å². The molecule has 0 amide bonds. The van der Waals surface area contributed by atoms with Crippen molar-refractivity contribution in [2.24, 2.45) is 17.8 Å². The smallest absolute Gasteiger partial charge is 0.0695 e. The van der Waals surface area contributed by atoms with Gasteiger partial charge in [-0.3, -0.25) is 0 Å². The average Bonchev–Trinajstić information content (AvgIpc) is 2.43. The molecule has 0 heterocycles. The van der Waals surface area contributed by atoms with Crippen molar-refractivity contribution in [3.05, 3.63) is 0 Å². The van der Waals surface area contributed by atoms with Crippen LogP contribution in [0.3, 0.4) is 0 Å². The van der Waals surface area contributed by atoms with Crippen molar-refractivity contribution in [3.8, 4) is 0 Å². The van der Waals surface area contributed by atoms with Crippen LogP contribution in [0.1, 0.15) is 59.3 Å². The van der Waals surface area contributed by atoms with Crippen LogP contribution in [-0.4, -0.2) is 48.3 Å². The molecule has 2 saturated carbocycles. The summed E-state index contributed by atoms with van der Waals surface area (Å²) in [5.41, 5.74) is 0. The lowest BCUT2D eigenvalue weighted by molar-refractivity contribution is 0.0105. The number of aliphatic hydroxyl groups is 1. The Kier molecular flexibility index (Phi) is 6.51. The van der Waals surface area contributed by atoms with Crippen molar-refractivity contribution in [2.45, 2.75) is 77.5 Å². The Morgan fingerprint density at radius 2 is 1.86 bits per heavy atom. The minimum atomic E-state index is -0.112. The van der Waals surface area contributed by atoms with Gasteiger partial charge in [0.1, 0.15) is 0 Å². The molecule has 6 atom stereocenters. The van der Waals surface area contributed by atoms with Crippen molar-refractivity contribution in [1.82, 2.24) is 10.2 Å². The van der Waals surface area contributed by atoms with Crippen molar-refractivity contribution >= 4 is 0 Å². The highest BCUT2D eigenvalue weighted by Crippen LogP contribution is 2.35. The Morgan fingerprint density at radius 3 is 2.52 bits per heavy atom. The van der Waals surface area contributed by atoms with E-state index in [1.165, 1.54) is 32.1 Å². The molecule has 6 unspecified atom stereocenters. The fraction of sp³-hybridized carbons (Fsp3) is 1.00. The molecule has 2 N–H and O–H groups in total. The van der Waals surface area contributed by atoms with E-state index in [9.17, 15) is 5.11 Å². The van der Waals surface area contributed by atoms with E-state index in [4.69, 9.17) is 0 Å². The molecule has 2 rings (SSSR count). The number of hydrogen-bond donors (Lipinski definition) is 2. The van der Waals surface area contributed by atoms with Crippen molar-refractivity contribution in [1.29, 1.82) is 0 Å². The standard InChI is InChI=1S/C18H36N2O/c1-5-19-16-11-13(2)10-14(3)15(16)12-20(4)17-8-6-7-9-18(17)21/h13-19,21H,5-12H2,1-4H3. The van der Waals surface area contributed by atoms with E-state index >= 15 is 0 Å². The van der Waals surface area contributed by atoms with E-state index in [1.54, 1.807) is 0 Å². The zero-order chi connectivity index (χ0) is 15.4.